The summed E-state index contributed by atoms with van der Waals surface area (Å²) in [5.74, 6) is -0.384. The maximum atomic E-state index is 12.9. The summed E-state index contributed by atoms with van der Waals surface area (Å²) in [5.41, 5.74) is 4.71. The zero-order valence-electron chi connectivity index (χ0n) is 20.2. The molecule has 5 rings (SSSR count). The molecule has 0 bridgehead atoms. The van der Waals surface area contributed by atoms with Gasteiger partial charge in [-0.15, -0.1) is 0 Å². The molecule has 2 aromatic carbocycles. The Bertz CT molecular complexity index is 1090. The molecule has 1 amide bonds. The molecule has 10 heteroatoms. The van der Waals surface area contributed by atoms with Crippen molar-refractivity contribution in [2.24, 2.45) is 5.92 Å². The molecule has 0 aliphatic carbocycles. The van der Waals surface area contributed by atoms with Gasteiger partial charge >= 0.3 is 5.97 Å². The third-order valence-electron chi connectivity index (χ3n) is 7.09. The van der Waals surface area contributed by atoms with E-state index in [2.05, 4.69) is 5.43 Å². The molecule has 0 spiro atoms. The maximum Gasteiger partial charge on any atom is 0.307 e. The van der Waals surface area contributed by atoms with Crippen LogP contribution in [0.2, 0.25) is 0 Å². The van der Waals surface area contributed by atoms with Crippen molar-refractivity contribution in [2.45, 2.75) is 11.8 Å². The predicted octanol–water partition coefficient (Wildman–Crippen LogP) is 1.67. The van der Waals surface area contributed by atoms with Crippen LogP contribution in [0.3, 0.4) is 0 Å². The van der Waals surface area contributed by atoms with Gasteiger partial charge in [-0.1, -0.05) is 18.2 Å². The average molecular weight is 498 g/mol. The molecule has 0 unspecified atom stereocenters. The van der Waals surface area contributed by atoms with Gasteiger partial charge in [-0.2, -0.15) is 0 Å². The summed E-state index contributed by atoms with van der Waals surface area (Å²) < 4.78 is 21.7. The van der Waals surface area contributed by atoms with E-state index in [1.807, 2.05) is 52.4 Å². The van der Waals surface area contributed by atoms with E-state index in [0.717, 1.165) is 11.1 Å². The summed E-state index contributed by atoms with van der Waals surface area (Å²) in [6.07, 6.45) is 0. The molecule has 192 valence electrons. The number of rotatable bonds is 7. The molecule has 3 atom stereocenters. The summed E-state index contributed by atoms with van der Waals surface area (Å²) in [5, 5.41) is 12.3. The topological polar surface area (TPSA) is 110 Å². The summed E-state index contributed by atoms with van der Waals surface area (Å²) in [4.78, 5) is 27.6. The first-order valence-corrected chi connectivity index (χ1v) is 12.1. The first-order chi connectivity index (χ1) is 17.5. The highest BCUT2D eigenvalue weighted by atomic mass is 16.7. The van der Waals surface area contributed by atoms with E-state index >= 15 is 0 Å². The van der Waals surface area contributed by atoms with Crippen LogP contribution in [0.4, 0.5) is 0 Å². The minimum absolute atomic E-state index is 0.122. The molecule has 36 heavy (non-hydrogen) atoms. The van der Waals surface area contributed by atoms with Gasteiger partial charge in [-0.05, 0) is 35.4 Å². The number of aliphatic carboxylic acids is 1. The molecular formula is C26H31N3O7. The molecule has 2 saturated heterocycles. The van der Waals surface area contributed by atoms with Gasteiger partial charge in [-0.3, -0.25) is 19.9 Å². The van der Waals surface area contributed by atoms with Crippen molar-refractivity contribution in [3.8, 4) is 17.2 Å². The van der Waals surface area contributed by atoms with E-state index in [-0.39, 0.29) is 31.1 Å². The minimum Gasteiger partial charge on any atom is -0.497 e. The van der Waals surface area contributed by atoms with Gasteiger partial charge in [0.15, 0.2) is 11.5 Å². The number of morpholine rings is 1. The first kappa shape index (κ1) is 24.4. The number of hydrazine groups is 1. The fraction of sp³-hybridized carbons (Fsp3) is 0.462. The molecule has 0 saturated carbocycles. The number of ether oxygens (including phenoxy) is 4. The van der Waals surface area contributed by atoms with Crippen molar-refractivity contribution < 1.29 is 33.6 Å². The van der Waals surface area contributed by atoms with E-state index < -0.39 is 11.9 Å². The normalized spacial score (nSPS) is 24.3. The lowest BCUT2D eigenvalue weighted by Crippen LogP contribution is -2.54. The van der Waals surface area contributed by atoms with Crippen molar-refractivity contribution in [1.82, 2.24) is 15.3 Å². The monoisotopic (exact) mass is 497 g/mol. The number of hydrogen-bond donors (Lipinski definition) is 2. The molecule has 0 aromatic heterocycles. The molecule has 2 aromatic rings. The smallest absolute Gasteiger partial charge is 0.307 e. The molecule has 2 fully saturated rings. The number of carboxylic acid groups (broad SMARTS) is 1. The lowest BCUT2D eigenvalue weighted by Gasteiger charge is -2.42. The molecule has 2 N–H and O–H groups in total. The maximum absolute atomic E-state index is 12.9. The molecular weight excluding hydrogens is 466 g/mol. The van der Waals surface area contributed by atoms with E-state index in [9.17, 15) is 14.7 Å². The number of methoxy groups -OCH3 is 1. The molecule has 10 nitrogen and oxygen atoms in total. The summed E-state index contributed by atoms with van der Waals surface area (Å²) in [7, 11) is 1.60. The van der Waals surface area contributed by atoms with Crippen LogP contribution in [0.15, 0.2) is 42.5 Å². The fourth-order valence-electron chi connectivity index (χ4n) is 5.32. The Morgan fingerprint density at radius 2 is 1.67 bits per heavy atom. The summed E-state index contributed by atoms with van der Waals surface area (Å²) in [6, 6.07) is 13.1. The minimum atomic E-state index is -0.865. The second-order valence-corrected chi connectivity index (χ2v) is 9.29. The van der Waals surface area contributed by atoms with Crippen molar-refractivity contribution >= 4 is 11.9 Å². The van der Waals surface area contributed by atoms with Crippen molar-refractivity contribution in [3.05, 3.63) is 53.6 Å². The highest BCUT2D eigenvalue weighted by Crippen LogP contribution is 2.44. The third kappa shape index (κ3) is 5.25. The Balaban J connectivity index is 1.43. The number of carboxylic acids is 1. The lowest BCUT2D eigenvalue weighted by molar-refractivity contribution is -0.145. The average Bonchev–Trinajstić information content (AvgIpc) is 3.36. The fourth-order valence-corrected chi connectivity index (χ4v) is 5.32. The Kier molecular flexibility index (Phi) is 7.26. The quantitative estimate of drug-likeness (QED) is 0.590. The predicted molar refractivity (Wildman–Crippen MR) is 129 cm³/mol. The number of likely N-dealkylation sites (tertiary alicyclic amines) is 1. The van der Waals surface area contributed by atoms with E-state index in [0.29, 0.717) is 56.6 Å². The van der Waals surface area contributed by atoms with Crippen LogP contribution in [-0.2, 0) is 14.3 Å². The van der Waals surface area contributed by atoms with Crippen molar-refractivity contribution in [2.75, 3.05) is 59.8 Å². The number of benzene rings is 2. The second kappa shape index (κ2) is 10.7. The van der Waals surface area contributed by atoms with Gasteiger partial charge in [0.05, 0.1) is 32.8 Å². The van der Waals surface area contributed by atoms with Gasteiger partial charge in [0, 0.05) is 38.0 Å². The van der Waals surface area contributed by atoms with Gasteiger partial charge in [0.25, 0.3) is 0 Å². The van der Waals surface area contributed by atoms with Crippen LogP contribution < -0.4 is 19.6 Å². The number of carbonyl (C=O) groups excluding carboxylic acids is 1. The number of fused-ring (bicyclic) bond motifs is 1. The van der Waals surface area contributed by atoms with Crippen molar-refractivity contribution in [1.29, 1.82) is 0 Å². The van der Waals surface area contributed by atoms with Crippen LogP contribution in [0, 0.1) is 5.92 Å². The molecule has 0 radical (unpaired) electrons. The zero-order valence-corrected chi connectivity index (χ0v) is 20.2. The van der Waals surface area contributed by atoms with Crippen LogP contribution >= 0.6 is 0 Å². The number of nitrogens with zero attached hydrogens (tertiary/aromatic N) is 2. The Labute approximate surface area is 209 Å². The summed E-state index contributed by atoms with van der Waals surface area (Å²) >= 11 is 0. The number of carbonyl (C=O) groups is 2. The van der Waals surface area contributed by atoms with E-state index in [1.165, 1.54) is 0 Å². The lowest BCUT2D eigenvalue weighted by atomic mass is 9.71. The summed E-state index contributed by atoms with van der Waals surface area (Å²) in [6.45, 7) is 3.63. The Morgan fingerprint density at radius 3 is 2.36 bits per heavy atom. The number of nitrogens with one attached hydrogen (secondary N) is 1. The highest BCUT2D eigenvalue weighted by Gasteiger charge is 2.43. The van der Waals surface area contributed by atoms with E-state index in [4.69, 9.17) is 18.9 Å². The van der Waals surface area contributed by atoms with E-state index in [1.54, 1.807) is 7.11 Å². The molecule has 3 aliphatic rings. The first-order valence-electron chi connectivity index (χ1n) is 12.1. The van der Waals surface area contributed by atoms with Crippen molar-refractivity contribution in [3.63, 3.8) is 0 Å². The van der Waals surface area contributed by atoms with Gasteiger partial charge < -0.3 is 24.1 Å². The molecule has 3 heterocycles. The SMILES string of the molecule is COc1ccc([C@H]2CN(CC(=O)NN3CCOCC3)C[C@H](c3ccc4c(c3)OCO4)[C@@H]2C(=O)O)cc1. The number of hydrogen-bond acceptors (Lipinski definition) is 8. The van der Waals surface area contributed by atoms with Gasteiger partial charge in [0.2, 0.25) is 12.7 Å². The van der Waals surface area contributed by atoms with Gasteiger partial charge in [0.1, 0.15) is 5.75 Å². The standard InChI is InChI=1S/C26H31N3O7/c1-33-19-5-2-17(3-6-19)20-13-28(15-24(30)27-29-8-10-34-11-9-29)14-21(25(20)26(31)32)18-4-7-22-23(12-18)36-16-35-22/h2-7,12,20-21,25H,8-11,13-16H2,1H3,(H,27,30)(H,31,32)/t20-,21-,25-/m1/s1. The van der Waals surface area contributed by atoms with Crippen LogP contribution in [-0.4, -0.2) is 86.7 Å². The second-order valence-electron chi connectivity index (χ2n) is 9.29. The largest absolute Gasteiger partial charge is 0.497 e. The van der Waals surface area contributed by atoms with Crippen LogP contribution in [0.5, 0.6) is 17.2 Å². The Morgan fingerprint density at radius 1 is 1.00 bits per heavy atom. The molecule has 3 aliphatic heterocycles. The van der Waals surface area contributed by atoms with Crippen LogP contribution in [0.25, 0.3) is 0 Å². The zero-order chi connectivity index (χ0) is 25.1. The third-order valence-corrected chi connectivity index (χ3v) is 7.09. The van der Waals surface area contributed by atoms with Gasteiger partial charge in [-0.25, -0.2) is 5.01 Å². The highest BCUT2D eigenvalue weighted by molar-refractivity contribution is 5.78. The Hall–Kier alpha value is -3.34. The number of amides is 1. The van der Waals surface area contributed by atoms with Crippen LogP contribution in [0.1, 0.15) is 23.0 Å². The number of piperidine rings is 1.